The van der Waals surface area contributed by atoms with Crippen molar-refractivity contribution in [3.8, 4) is 5.75 Å². The van der Waals surface area contributed by atoms with Crippen molar-refractivity contribution < 1.29 is 19.4 Å². The van der Waals surface area contributed by atoms with Crippen LogP contribution in [-0.2, 0) is 4.79 Å². The Balaban J connectivity index is 1.52. The van der Waals surface area contributed by atoms with E-state index in [-0.39, 0.29) is 17.9 Å². The first-order valence-corrected chi connectivity index (χ1v) is 14.7. The number of hydrogen-bond acceptors (Lipinski definition) is 6. The largest absolute Gasteiger partial charge is 0.496 e. The Morgan fingerprint density at radius 1 is 1.11 bits per heavy atom. The number of nitrogens with one attached hydrogen (secondary N) is 2. The van der Waals surface area contributed by atoms with Gasteiger partial charge in [0.1, 0.15) is 5.75 Å². The standard InChI is InChI=1S/C30H41N3O4S/c1-20-24(14-9-15-28(20)37-3)29(35)32-25(19-38-23-12-5-4-6-13-23)27(34)18-33-17-22-11-8-7-10-21(22)16-26(33)30(36)31-2/h4-6,9,12-15,21-22,25-27,34H,7-8,10-11,16-19H2,1-3H3,(H,31,36)(H,32,35). The molecule has 2 aliphatic rings. The van der Waals surface area contributed by atoms with Crippen molar-refractivity contribution >= 4 is 23.6 Å². The maximum atomic E-state index is 13.4. The molecular formula is C30H41N3O4S. The summed E-state index contributed by atoms with van der Waals surface area (Å²) in [6.45, 7) is 3.00. The number of carbonyl (C=O) groups is 2. The molecule has 5 unspecified atom stereocenters. The number of rotatable bonds is 10. The van der Waals surface area contributed by atoms with Crippen molar-refractivity contribution in [2.24, 2.45) is 11.8 Å². The van der Waals surface area contributed by atoms with Crippen LogP contribution in [0.15, 0.2) is 53.4 Å². The topological polar surface area (TPSA) is 90.9 Å². The number of aliphatic hydroxyl groups excluding tert-OH is 1. The minimum Gasteiger partial charge on any atom is -0.496 e. The lowest BCUT2D eigenvalue weighted by Gasteiger charge is -2.46. The number of aliphatic hydroxyl groups is 1. The number of thioether (sulfide) groups is 1. The van der Waals surface area contributed by atoms with E-state index >= 15 is 0 Å². The van der Waals surface area contributed by atoms with E-state index in [1.165, 1.54) is 25.7 Å². The van der Waals surface area contributed by atoms with Gasteiger partial charge >= 0.3 is 0 Å². The van der Waals surface area contributed by atoms with Crippen LogP contribution >= 0.6 is 11.8 Å². The van der Waals surface area contributed by atoms with E-state index in [2.05, 4.69) is 15.5 Å². The van der Waals surface area contributed by atoms with Crippen LogP contribution < -0.4 is 15.4 Å². The first kappa shape index (κ1) is 28.5. The predicted molar refractivity (Wildman–Crippen MR) is 152 cm³/mol. The molecule has 1 heterocycles. The van der Waals surface area contributed by atoms with Gasteiger partial charge in [0, 0.05) is 41.9 Å². The highest BCUT2D eigenvalue weighted by molar-refractivity contribution is 7.99. The summed E-state index contributed by atoms with van der Waals surface area (Å²) in [4.78, 5) is 29.5. The molecule has 2 amide bonds. The van der Waals surface area contributed by atoms with Crippen LogP contribution in [0, 0.1) is 18.8 Å². The van der Waals surface area contributed by atoms with Gasteiger partial charge in [0.05, 0.1) is 25.3 Å². The number of piperidine rings is 1. The van der Waals surface area contributed by atoms with Gasteiger partial charge in [0.2, 0.25) is 5.91 Å². The van der Waals surface area contributed by atoms with E-state index in [1.807, 2.05) is 43.3 Å². The number of methoxy groups -OCH3 is 1. The second-order valence-corrected chi connectivity index (χ2v) is 11.6. The minimum absolute atomic E-state index is 0.00692. The number of likely N-dealkylation sites (tertiary alicyclic amines) is 1. The smallest absolute Gasteiger partial charge is 0.252 e. The number of hydrogen-bond donors (Lipinski definition) is 3. The molecule has 1 saturated heterocycles. The Kier molecular flexibility index (Phi) is 10.1. The summed E-state index contributed by atoms with van der Waals surface area (Å²) in [6.07, 6.45) is 4.81. The van der Waals surface area contributed by atoms with Crippen molar-refractivity contribution in [1.82, 2.24) is 15.5 Å². The van der Waals surface area contributed by atoms with Gasteiger partial charge in [0.15, 0.2) is 0 Å². The number of ether oxygens (including phenoxy) is 1. The SMILES string of the molecule is CNC(=O)C1CC2CCCCC2CN1CC(O)C(CSc1ccccc1)NC(=O)c1cccc(OC)c1C. The zero-order valence-corrected chi connectivity index (χ0v) is 23.5. The second-order valence-electron chi connectivity index (χ2n) is 10.5. The summed E-state index contributed by atoms with van der Waals surface area (Å²) in [6, 6.07) is 14.6. The third-order valence-electron chi connectivity index (χ3n) is 8.18. The molecule has 2 fully saturated rings. The highest BCUT2D eigenvalue weighted by Gasteiger charge is 2.41. The van der Waals surface area contributed by atoms with E-state index < -0.39 is 12.1 Å². The first-order valence-electron chi connectivity index (χ1n) is 13.7. The van der Waals surface area contributed by atoms with Gasteiger partial charge in [-0.2, -0.15) is 0 Å². The molecule has 4 rings (SSSR count). The van der Waals surface area contributed by atoms with Gasteiger partial charge in [-0.3, -0.25) is 14.5 Å². The summed E-state index contributed by atoms with van der Waals surface area (Å²) in [5.41, 5.74) is 1.29. The number of benzene rings is 2. The zero-order chi connectivity index (χ0) is 27.1. The van der Waals surface area contributed by atoms with Crippen LogP contribution in [0.2, 0.25) is 0 Å². The van der Waals surface area contributed by atoms with Crippen molar-refractivity contribution in [3.05, 3.63) is 59.7 Å². The van der Waals surface area contributed by atoms with Crippen LogP contribution in [0.25, 0.3) is 0 Å². The fourth-order valence-electron chi connectivity index (χ4n) is 5.99. The zero-order valence-electron chi connectivity index (χ0n) is 22.7. The average molecular weight is 540 g/mol. The Labute approximate surface area is 230 Å². The Morgan fingerprint density at radius 3 is 2.55 bits per heavy atom. The maximum Gasteiger partial charge on any atom is 0.252 e. The quantitative estimate of drug-likeness (QED) is 0.397. The molecular weight excluding hydrogens is 498 g/mol. The Morgan fingerprint density at radius 2 is 1.84 bits per heavy atom. The number of β-amino-alcohol motifs (C(OH)–C–C–N with tert-alkyl or cyclic N) is 1. The molecule has 2 aromatic carbocycles. The van der Waals surface area contributed by atoms with Gasteiger partial charge in [-0.1, -0.05) is 43.5 Å². The number of nitrogens with zero attached hydrogens (tertiary/aromatic N) is 1. The Hall–Kier alpha value is -2.55. The van der Waals surface area contributed by atoms with Gasteiger partial charge in [-0.15, -0.1) is 11.8 Å². The fraction of sp³-hybridized carbons (Fsp3) is 0.533. The Bertz CT molecular complexity index is 1080. The summed E-state index contributed by atoms with van der Waals surface area (Å²) in [5.74, 6) is 2.05. The third-order valence-corrected chi connectivity index (χ3v) is 9.31. The van der Waals surface area contributed by atoms with Gasteiger partial charge < -0.3 is 20.5 Å². The molecule has 38 heavy (non-hydrogen) atoms. The van der Waals surface area contributed by atoms with Gasteiger partial charge in [-0.25, -0.2) is 0 Å². The average Bonchev–Trinajstić information content (AvgIpc) is 2.94. The van der Waals surface area contributed by atoms with Crippen molar-refractivity contribution in [2.75, 3.05) is 33.0 Å². The number of amides is 2. The molecule has 0 aromatic heterocycles. The molecule has 0 bridgehead atoms. The van der Waals surface area contributed by atoms with Gasteiger partial charge in [-0.05, 0) is 55.9 Å². The van der Waals surface area contributed by atoms with Crippen molar-refractivity contribution in [1.29, 1.82) is 0 Å². The van der Waals surface area contributed by atoms with Crippen LogP contribution in [-0.4, -0.2) is 73.0 Å². The summed E-state index contributed by atoms with van der Waals surface area (Å²) in [7, 11) is 3.27. The molecule has 1 aliphatic heterocycles. The lowest BCUT2D eigenvalue weighted by atomic mass is 9.72. The van der Waals surface area contributed by atoms with Crippen molar-refractivity contribution in [3.63, 3.8) is 0 Å². The second kappa shape index (κ2) is 13.5. The predicted octanol–water partition coefficient (Wildman–Crippen LogP) is 3.88. The lowest BCUT2D eigenvalue weighted by molar-refractivity contribution is -0.130. The molecule has 2 aromatic rings. The van der Waals surface area contributed by atoms with Crippen LogP contribution in [0.1, 0.15) is 48.0 Å². The normalized spacial score (nSPS) is 23.1. The van der Waals surface area contributed by atoms with Crippen molar-refractivity contribution in [2.45, 2.75) is 62.1 Å². The monoisotopic (exact) mass is 539 g/mol. The van der Waals surface area contributed by atoms with Gasteiger partial charge in [0.25, 0.3) is 5.91 Å². The maximum absolute atomic E-state index is 13.4. The first-order chi connectivity index (χ1) is 18.4. The molecule has 1 aliphatic carbocycles. The molecule has 8 heteroatoms. The number of fused-ring (bicyclic) bond motifs is 1. The molecule has 5 atom stereocenters. The molecule has 1 saturated carbocycles. The minimum atomic E-state index is -0.839. The summed E-state index contributed by atoms with van der Waals surface area (Å²) in [5, 5.41) is 17.5. The van der Waals surface area contributed by atoms with E-state index in [0.717, 1.165) is 23.4 Å². The molecule has 206 valence electrons. The number of likely N-dealkylation sites (N-methyl/N-ethyl adjacent to an activating group) is 1. The number of carbonyl (C=O) groups excluding carboxylic acids is 2. The molecule has 0 radical (unpaired) electrons. The lowest BCUT2D eigenvalue weighted by Crippen LogP contribution is -2.58. The van der Waals surface area contributed by atoms with Crippen LogP contribution in [0.3, 0.4) is 0 Å². The van der Waals surface area contributed by atoms with Crippen LogP contribution in [0.4, 0.5) is 0 Å². The third kappa shape index (κ3) is 6.90. The van der Waals surface area contributed by atoms with E-state index in [9.17, 15) is 14.7 Å². The van der Waals surface area contributed by atoms with E-state index in [4.69, 9.17) is 4.74 Å². The van der Waals surface area contributed by atoms with Crippen LogP contribution in [0.5, 0.6) is 5.75 Å². The van der Waals surface area contributed by atoms with E-state index in [1.54, 1.807) is 38.1 Å². The highest BCUT2D eigenvalue weighted by Crippen LogP contribution is 2.38. The highest BCUT2D eigenvalue weighted by atomic mass is 32.2. The molecule has 3 N–H and O–H groups in total. The fourth-order valence-corrected chi connectivity index (χ4v) is 7.01. The molecule has 0 spiro atoms. The summed E-state index contributed by atoms with van der Waals surface area (Å²) < 4.78 is 5.40. The summed E-state index contributed by atoms with van der Waals surface area (Å²) >= 11 is 1.60. The van der Waals surface area contributed by atoms with E-state index in [0.29, 0.717) is 35.4 Å². The molecule has 7 nitrogen and oxygen atoms in total.